The van der Waals surface area contributed by atoms with E-state index in [1.54, 1.807) is 29.2 Å². The van der Waals surface area contributed by atoms with Crippen LogP contribution in [0.15, 0.2) is 91.0 Å². The van der Waals surface area contributed by atoms with Crippen molar-refractivity contribution in [3.05, 3.63) is 102 Å². The monoisotopic (exact) mass is 463 g/mol. The van der Waals surface area contributed by atoms with Crippen molar-refractivity contribution in [2.24, 2.45) is 11.8 Å². The van der Waals surface area contributed by atoms with Crippen LogP contribution in [0.3, 0.4) is 0 Å². The van der Waals surface area contributed by atoms with Gasteiger partial charge in [0.05, 0.1) is 17.5 Å². The third-order valence-corrected chi connectivity index (χ3v) is 7.43. The molecule has 0 aliphatic carbocycles. The summed E-state index contributed by atoms with van der Waals surface area (Å²) in [7, 11) is 0. The number of anilines is 2. The average Bonchev–Trinajstić information content (AvgIpc) is 3.43. The number of amides is 3. The molecule has 1 N–H and O–H groups in total. The normalized spacial score (nSPS) is 27.3. The molecule has 174 valence electrons. The van der Waals surface area contributed by atoms with Gasteiger partial charge in [-0.25, -0.2) is 4.90 Å². The third-order valence-electron chi connectivity index (χ3n) is 7.43. The molecule has 3 aliphatic heterocycles. The molecule has 3 heterocycles. The Labute approximate surface area is 203 Å². The summed E-state index contributed by atoms with van der Waals surface area (Å²) >= 11 is 0. The topological polar surface area (TPSA) is 69.7 Å². The lowest BCUT2D eigenvalue weighted by Crippen LogP contribution is -2.55. The first-order valence-electron chi connectivity index (χ1n) is 11.9. The summed E-state index contributed by atoms with van der Waals surface area (Å²) in [6.07, 6.45) is 3.94. The lowest BCUT2D eigenvalue weighted by atomic mass is 9.76. The first-order chi connectivity index (χ1) is 17.0. The van der Waals surface area contributed by atoms with Crippen molar-refractivity contribution in [3.8, 4) is 0 Å². The second-order valence-corrected chi connectivity index (χ2v) is 9.34. The van der Waals surface area contributed by atoms with E-state index in [1.807, 2.05) is 79.7 Å². The molecule has 6 nitrogen and oxygen atoms in total. The Morgan fingerprint density at radius 3 is 2.26 bits per heavy atom. The Bertz CT molecular complexity index is 1350. The van der Waals surface area contributed by atoms with E-state index in [9.17, 15) is 14.4 Å². The molecule has 1 spiro atoms. The summed E-state index contributed by atoms with van der Waals surface area (Å²) in [5.74, 6) is -2.18. The van der Waals surface area contributed by atoms with Crippen LogP contribution in [-0.2, 0) is 19.9 Å². The largest absolute Gasteiger partial charge is 0.306 e. The molecule has 0 saturated carbocycles. The van der Waals surface area contributed by atoms with E-state index in [-0.39, 0.29) is 23.8 Å². The molecule has 3 aliphatic rings. The number of rotatable bonds is 4. The Hall–Kier alpha value is -4.03. The SMILES string of the molecule is C[C@@H]1N[C@]2(C(=O)N(C/C=C\c3ccccc3)c3ccccc32)[C@@H]2C(=O)N(c3ccccc3)C(=O)[C@H]12. The predicted molar refractivity (Wildman–Crippen MR) is 134 cm³/mol. The molecule has 35 heavy (non-hydrogen) atoms. The lowest BCUT2D eigenvalue weighted by Gasteiger charge is -2.30. The number of hydrogen-bond donors (Lipinski definition) is 1. The highest BCUT2D eigenvalue weighted by molar-refractivity contribution is 6.26. The fourth-order valence-corrected chi connectivity index (χ4v) is 5.98. The van der Waals surface area contributed by atoms with Crippen molar-refractivity contribution in [1.82, 2.24) is 5.32 Å². The van der Waals surface area contributed by atoms with E-state index in [1.165, 1.54) is 4.90 Å². The van der Waals surface area contributed by atoms with Crippen molar-refractivity contribution >= 4 is 35.2 Å². The summed E-state index contributed by atoms with van der Waals surface area (Å²) < 4.78 is 0. The first kappa shape index (κ1) is 21.5. The summed E-state index contributed by atoms with van der Waals surface area (Å²) in [6.45, 7) is 2.25. The summed E-state index contributed by atoms with van der Waals surface area (Å²) in [6, 6.07) is 26.1. The smallest absolute Gasteiger partial charge is 0.253 e. The molecular formula is C29H25N3O3. The number of imide groups is 1. The maximum atomic E-state index is 14.2. The second-order valence-electron chi connectivity index (χ2n) is 9.34. The minimum absolute atomic E-state index is 0.188. The fraction of sp³-hybridized carbons (Fsp3) is 0.207. The highest BCUT2D eigenvalue weighted by Gasteiger charge is 2.70. The molecule has 2 saturated heterocycles. The highest BCUT2D eigenvalue weighted by atomic mass is 16.2. The zero-order valence-corrected chi connectivity index (χ0v) is 19.3. The van der Waals surface area contributed by atoms with Gasteiger partial charge in [-0.15, -0.1) is 0 Å². The maximum absolute atomic E-state index is 14.2. The zero-order valence-electron chi connectivity index (χ0n) is 19.3. The van der Waals surface area contributed by atoms with Crippen LogP contribution in [0.5, 0.6) is 0 Å². The average molecular weight is 464 g/mol. The third kappa shape index (κ3) is 3.03. The van der Waals surface area contributed by atoms with Gasteiger partial charge in [-0.1, -0.05) is 78.9 Å². The number of carbonyl (C=O) groups is 3. The van der Waals surface area contributed by atoms with Crippen molar-refractivity contribution in [3.63, 3.8) is 0 Å². The van der Waals surface area contributed by atoms with Gasteiger partial charge in [-0.05, 0) is 30.7 Å². The standard InChI is InChI=1S/C29H25N3O3/c1-19-24-25(27(34)32(26(24)33)21-14-6-3-7-15-21)29(30-19)22-16-8-9-17-23(22)31(28(29)35)18-10-13-20-11-4-2-5-12-20/h2-17,19,24-25,30H,18H2,1H3/b13-10-/t19-,24+,25-,29-/m0/s1. The molecule has 0 unspecified atom stereocenters. The minimum atomic E-state index is -1.27. The molecule has 3 aromatic rings. The van der Waals surface area contributed by atoms with Crippen LogP contribution in [0, 0.1) is 11.8 Å². The van der Waals surface area contributed by atoms with Gasteiger partial charge in [0.1, 0.15) is 5.54 Å². The molecule has 6 heteroatoms. The molecule has 6 rings (SSSR count). The van der Waals surface area contributed by atoms with Gasteiger partial charge >= 0.3 is 0 Å². The Kier molecular flexibility index (Phi) is 4.93. The van der Waals surface area contributed by atoms with E-state index >= 15 is 0 Å². The zero-order chi connectivity index (χ0) is 24.2. The van der Waals surface area contributed by atoms with Crippen molar-refractivity contribution in [2.45, 2.75) is 18.5 Å². The summed E-state index contributed by atoms with van der Waals surface area (Å²) in [5.41, 5.74) is 1.85. The minimum Gasteiger partial charge on any atom is -0.306 e. The van der Waals surface area contributed by atoms with E-state index in [0.717, 1.165) is 16.8 Å². The number of para-hydroxylation sites is 2. The van der Waals surface area contributed by atoms with Crippen molar-refractivity contribution in [2.75, 3.05) is 16.3 Å². The Balaban J connectivity index is 1.40. The molecule has 3 amide bonds. The molecule has 3 aromatic carbocycles. The molecule has 0 aromatic heterocycles. The first-order valence-corrected chi connectivity index (χ1v) is 11.9. The summed E-state index contributed by atoms with van der Waals surface area (Å²) in [4.78, 5) is 44.5. The molecule has 2 fully saturated rings. The van der Waals surface area contributed by atoms with Gasteiger partial charge in [-0.2, -0.15) is 0 Å². The molecular weight excluding hydrogens is 438 g/mol. The predicted octanol–water partition coefficient (Wildman–Crippen LogP) is 3.74. The highest BCUT2D eigenvalue weighted by Crippen LogP contribution is 2.54. The van der Waals surface area contributed by atoms with Gasteiger partial charge in [0, 0.05) is 23.8 Å². The van der Waals surface area contributed by atoms with Gasteiger partial charge in [0.25, 0.3) is 5.91 Å². The number of nitrogens with one attached hydrogen (secondary N) is 1. The van der Waals surface area contributed by atoms with Crippen LogP contribution < -0.4 is 15.1 Å². The maximum Gasteiger partial charge on any atom is 0.253 e. The quantitative estimate of drug-likeness (QED) is 0.599. The van der Waals surface area contributed by atoms with Crippen LogP contribution in [0.1, 0.15) is 18.1 Å². The van der Waals surface area contributed by atoms with E-state index < -0.39 is 17.4 Å². The molecule has 0 radical (unpaired) electrons. The Morgan fingerprint density at radius 1 is 0.857 bits per heavy atom. The second kappa shape index (κ2) is 8.03. The summed E-state index contributed by atoms with van der Waals surface area (Å²) in [5, 5.41) is 3.42. The number of benzene rings is 3. The van der Waals surface area contributed by atoms with E-state index in [0.29, 0.717) is 12.2 Å². The van der Waals surface area contributed by atoms with Gasteiger partial charge < -0.3 is 4.90 Å². The number of nitrogens with zero attached hydrogens (tertiary/aromatic N) is 2. The van der Waals surface area contributed by atoms with E-state index in [2.05, 4.69) is 5.32 Å². The van der Waals surface area contributed by atoms with Crippen molar-refractivity contribution in [1.29, 1.82) is 0 Å². The van der Waals surface area contributed by atoms with Gasteiger partial charge in [0.2, 0.25) is 11.8 Å². The number of carbonyl (C=O) groups excluding carboxylic acids is 3. The lowest BCUT2D eigenvalue weighted by molar-refractivity contribution is -0.132. The Morgan fingerprint density at radius 2 is 1.51 bits per heavy atom. The van der Waals surface area contributed by atoms with Crippen LogP contribution in [0.4, 0.5) is 11.4 Å². The van der Waals surface area contributed by atoms with Crippen LogP contribution >= 0.6 is 0 Å². The van der Waals surface area contributed by atoms with Crippen LogP contribution in [0.2, 0.25) is 0 Å². The molecule has 0 bridgehead atoms. The number of fused-ring (bicyclic) bond motifs is 4. The van der Waals surface area contributed by atoms with E-state index in [4.69, 9.17) is 0 Å². The van der Waals surface area contributed by atoms with Crippen LogP contribution in [0.25, 0.3) is 6.08 Å². The van der Waals surface area contributed by atoms with Crippen molar-refractivity contribution < 1.29 is 14.4 Å². The number of hydrogen-bond acceptors (Lipinski definition) is 4. The fourth-order valence-electron chi connectivity index (χ4n) is 5.98. The van der Waals surface area contributed by atoms with Gasteiger partial charge in [0.15, 0.2) is 0 Å². The van der Waals surface area contributed by atoms with Gasteiger partial charge in [-0.3, -0.25) is 19.7 Å². The molecule has 4 atom stereocenters. The van der Waals surface area contributed by atoms with Crippen LogP contribution in [-0.4, -0.2) is 30.3 Å².